The Kier molecular flexibility index (Phi) is 3.12. The van der Waals surface area contributed by atoms with Gasteiger partial charge in [0.15, 0.2) is 0 Å². The molecule has 1 N–H and O–H groups in total. The van der Waals surface area contributed by atoms with Crippen molar-refractivity contribution in [3.8, 4) is 0 Å². The van der Waals surface area contributed by atoms with E-state index in [1.54, 1.807) is 0 Å². The zero-order valence-electron chi connectivity index (χ0n) is 9.84. The molecule has 1 fully saturated rings. The van der Waals surface area contributed by atoms with E-state index in [0.717, 1.165) is 19.0 Å². The number of thiazole rings is 1. The third-order valence-electron chi connectivity index (χ3n) is 2.92. The van der Waals surface area contributed by atoms with Crippen molar-refractivity contribution in [2.24, 2.45) is 5.92 Å². The van der Waals surface area contributed by atoms with Gasteiger partial charge in [-0.1, -0.05) is 20.8 Å². The average Bonchev–Trinajstić information content (AvgIpc) is 2.76. The second-order valence-corrected chi connectivity index (χ2v) is 6.33. The summed E-state index contributed by atoms with van der Waals surface area (Å²) in [6, 6.07) is 0. The van der Waals surface area contributed by atoms with Gasteiger partial charge in [-0.15, -0.1) is 11.3 Å². The Bertz CT molecular complexity index is 326. The van der Waals surface area contributed by atoms with Crippen LogP contribution >= 0.6 is 11.3 Å². The van der Waals surface area contributed by atoms with Crippen LogP contribution in [0.1, 0.15) is 43.5 Å². The summed E-state index contributed by atoms with van der Waals surface area (Å²) in [4.78, 5) is 5.90. The van der Waals surface area contributed by atoms with E-state index in [4.69, 9.17) is 0 Å². The van der Waals surface area contributed by atoms with Gasteiger partial charge in [-0.3, -0.25) is 0 Å². The number of hydrogen-bond acceptors (Lipinski definition) is 3. The zero-order valence-corrected chi connectivity index (χ0v) is 10.7. The molecule has 0 radical (unpaired) electrons. The highest BCUT2D eigenvalue weighted by molar-refractivity contribution is 7.11. The second kappa shape index (κ2) is 4.22. The molecule has 2 nitrogen and oxygen atoms in total. The van der Waals surface area contributed by atoms with E-state index in [1.807, 2.05) is 17.5 Å². The fraction of sp³-hybridized carbons (Fsp3) is 0.750. The lowest BCUT2D eigenvalue weighted by Crippen LogP contribution is -2.18. The highest BCUT2D eigenvalue weighted by atomic mass is 32.1. The van der Waals surface area contributed by atoms with E-state index in [0.29, 0.717) is 5.41 Å². The van der Waals surface area contributed by atoms with Crippen molar-refractivity contribution >= 4 is 11.3 Å². The molecule has 15 heavy (non-hydrogen) atoms. The summed E-state index contributed by atoms with van der Waals surface area (Å²) in [5, 5.41) is 4.79. The first-order valence-corrected chi connectivity index (χ1v) is 6.58. The van der Waals surface area contributed by atoms with Crippen LogP contribution in [0.15, 0.2) is 6.20 Å². The molecule has 0 saturated heterocycles. The Balaban J connectivity index is 1.85. The highest BCUT2D eigenvalue weighted by Crippen LogP contribution is 2.48. The van der Waals surface area contributed by atoms with Crippen LogP contribution in [-0.4, -0.2) is 11.5 Å². The molecule has 1 heterocycles. The molecule has 1 saturated carbocycles. The van der Waals surface area contributed by atoms with Crippen LogP contribution in [0.25, 0.3) is 0 Å². The molecular formula is C12H20N2S. The van der Waals surface area contributed by atoms with Gasteiger partial charge in [0.05, 0.1) is 5.01 Å². The average molecular weight is 224 g/mol. The van der Waals surface area contributed by atoms with Gasteiger partial charge in [0.2, 0.25) is 0 Å². The van der Waals surface area contributed by atoms with E-state index >= 15 is 0 Å². The molecule has 2 rings (SSSR count). The fourth-order valence-electron chi connectivity index (χ4n) is 1.55. The van der Waals surface area contributed by atoms with Crippen molar-refractivity contribution in [1.29, 1.82) is 0 Å². The van der Waals surface area contributed by atoms with Gasteiger partial charge in [0.1, 0.15) is 0 Å². The number of aromatic nitrogens is 1. The summed E-state index contributed by atoms with van der Waals surface area (Å²) in [5.74, 6) is 0.721. The molecule has 0 atom stereocenters. The lowest BCUT2D eigenvalue weighted by molar-refractivity contribution is 0.554. The van der Waals surface area contributed by atoms with Gasteiger partial charge in [-0.2, -0.15) is 0 Å². The van der Waals surface area contributed by atoms with Crippen LogP contribution in [0, 0.1) is 5.92 Å². The highest BCUT2D eigenvalue weighted by Gasteiger charge is 2.41. The molecule has 0 bridgehead atoms. The predicted molar refractivity (Wildman–Crippen MR) is 65.2 cm³/mol. The van der Waals surface area contributed by atoms with Gasteiger partial charge < -0.3 is 5.32 Å². The van der Waals surface area contributed by atoms with Gasteiger partial charge >= 0.3 is 0 Å². The Morgan fingerprint density at radius 1 is 1.53 bits per heavy atom. The van der Waals surface area contributed by atoms with Gasteiger partial charge in [-0.05, 0) is 25.3 Å². The van der Waals surface area contributed by atoms with Crippen molar-refractivity contribution < 1.29 is 0 Å². The molecule has 0 unspecified atom stereocenters. The quantitative estimate of drug-likeness (QED) is 0.832. The maximum Gasteiger partial charge on any atom is 0.0987 e. The Morgan fingerprint density at radius 3 is 2.87 bits per heavy atom. The summed E-state index contributed by atoms with van der Waals surface area (Å²) in [6.07, 6.45) is 4.68. The topological polar surface area (TPSA) is 24.9 Å². The van der Waals surface area contributed by atoms with E-state index in [1.165, 1.54) is 22.7 Å². The second-order valence-electron chi connectivity index (χ2n) is 5.22. The van der Waals surface area contributed by atoms with Crippen molar-refractivity contribution in [3.05, 3.63) is 16.1 Å². The van der Waals surface area contributed by atoms with Crippen molar-refractivity contribution in [2.75, 3.05) is 6.54 Å². The van der Waals surface area contributed by atoms with Crippen molar-refractivity contribution in [3.63, 3.8) is 0 Å². The lowest BCUT2D eigenvalue weighted by Gasteiger charge is -2.05. The summed E-state index contributed by atoms with van der Waals surface area (Å²) in [6.45, 7) is 8.85. The number of hydrogen-bond donors (Lipinski definition) is 1. The van der Waals surface area contributed by atoms with Crippen molar-refractivity contribution in [2.45, 2.75) is 45.6 Å². The minimum atomic E-state index is 0.432. The molecule has 1 aromatic heterocycles. The van der Waals surface area contributed by atoms with E-state index in [9.17, 15) is 0 Å². The van der Waals surface area contributed by atoms with Gasteiger partial charge in [0, 0.05) is 23.0 Å². The monoisotopic (exact) mass is 224 g/mol. The van der Waals surface area contributed by atoms with Gasteiger partial charge in [0.25, 0.3) is 0 Å². The minimum absolute atomic E-state index is 0.432. The lowest BCUT2D eigenvalue weighted by atomic mass is 10.2. The Hall–Kier alpha value is -0.410. The maximum absolute atomic E-state index is 4.53. The molecule has 0 spiro atoms. The third kappa shape index (κ3) is 2.79. The summed E-state index contributed by atoms with van der Waals surface area (Å²) in [7, 11) is 0. The normalized spacial score (nSPS) is 18.4. The van der Waals surface area contributed by atoms with Crippen molar-refractivity contribution in [1.82, 2.24) is 10.3 Å². The SMILES string of the molecule is CC(C)CNCc1cnc(C2(C)CC2)s1. The van der Waals surface area contributed by atoms with E-state index in [-0.39, 0.29) is 0 Å². The molecule has 0 amide bonds. The van der Waals surface area contributed by atoms with Crippen LogP contribution in [0.5, 0.6) is 0 Å². The van der Waals surface area contributed by atoms with Crippen LogP contribution < -0.4 is 5.32 Å². The molecule has 1 aliphatic carbocycles. The molecule has 3 heteroatoms. The van der Waals surface area contributed by atoms with E-state index < -0.39 is 0 Å². The fourth-order valence-corrected chi connectivity index (χ4v) is 2.64. The first-order chi connectivity index (χ1) is 7.10. The number of rotatable bonds is 5. The van der Waals surface area contributed by atoms with Crippen LogP contribution in [0.3, 0.4) is 0 Å². The third-order valence-corrected chi connectivity index (χ3v) is 4.23. The summed E-state index contributed by atoms with van der Waals surface area (Å²) < 4.78 is 0. The van der Waals surface area contributed by atoms with Crippen LogP contribution in [0.4, 0.5) is 0 Å². The molecule has 1 aliphatic rings. The number of nitrogens with one attached hydrogen (secondary N) is 1. The molecule has 0 aromatic carbocycles. The predicted octanol–water partition coefficient (Wildman–Crippen LogP) is 2.94. The van der Waals surface area contributed by atoms with Gasteiger partial charge in [-0.25, -0.2) is 4.98 Å². The Morgan fingerprint density at radius 2 is 2.27 bits per heavy atom. The van der Waals surface area contributed by atoms with E-state index in [2.05, 4.69) is 31.1 Å². The molecule has 84 valence electrons. The van der Waals surface area contributed by atoms with Crippen LogP contribution in [-0.2, 0) is 12.0 Å². The number of nitrogens with zero attached hydrogens (tertiary/aromatic N) is 1. The molecule has 1 aromatic rings. The smallest absolute Gasteiger partial charge is 0.0987 e. The molecular weight excluding hydrogens is 204 g/mol. The van der Waals surface area contributed by atoms with Crippen LogP contribution in [0.2, 0.25) is 0 Å². The summed E-state index contributed by atoms with van der Waals surface area (Å²) in [5.41, 5.74) is 0.432. The Labute approximate surface area is 96.1 Å². The minimum Gasteiger partial charge on any atom is -0.312 e. The maximum atomic E-state index is 4.53. The molecule has 0 aliphatic heterocycles. The largest absolute Gasteiger partial charge is 0.312 e. The first kappa shape index (κ1) is 11.1. The zero-order chi connectivity index (χ0) is 10.9. The first-order valence-electron chi connectivity index (χ1n) is 5.76. The summed E-state index contributed by atoms with van der Waals surface area (Å²) >= 11 is 1.88. The standard InChI is InChI=1S/C12H20N2S/c1-9(2)6-13-7-10-8-14-11(15-10)12(3)4-5-12/h8-9,13H,4-7H2,1-3H3.